The van der Waals surface area contributed by atoms with E-state index in [1.807, 2.05) is 0 Å². The molecule has 1 aliphatic rings. The normalized spacial score (nSPS) is 31.8. The highest BCUT2D eigenvalue weighted by Gasteiger charge is 2.43. The molecule has 4 atom stereocenters. The molecule has 7 nitrogen and oxygen atoms in total. The second-order valence-corrected chi connectivity index (χ2v) is 4.62. The number of aliphatic hydroxyl groups excluding tert-OH is 3. The maximum Gasteiger partial charge on any atom is 0.164 e. The monoisotopic (exact) mass is 273 g/mol. The molecule has 0 spiro atoms. The smallest absolute Gasteiger partial charge is 0.164 e. The van der Waals surface area contributed by atoms with Crippen LogP contribution in [0.4, 0.5) is 0 Å². The van der Waals surface area contributed by atoms with Gasteiger partial charge < -0.3 is 30.4 Å². The largest absolute Gasteiger partial charge is 0.394 e. The Bertz CT molecular complexity index is 464. The molecule has 8 heteroatoms. The first-order valence-electron chi connectivity index (χ1n) is 5.43. The summed E-state index contributed by atoms with van der Waals surface area (Å²) in [4.78, 5) is 4.18. The van der Waals surface area contributed by atoms with E-state index < -0.39 is 24.5 Å². The molecule has 100 valence electrons. The third-order valence-electron chi connectivity index (χ3n) is 3.07. The Balaban J connectivity index is 2.30. The zero-order valence-electron chi connectivity index (χ0n) is 9.72. The van der Waals surface area contributed by atoms with Crippen LogP contribution in [-0.4, -0.2) is 54.8 Å². The number of thiocarbonyl (C=S) groups is 1. The van der Waals surface area contributed by atoms with Gasteiger partial charge in [0.25, 0.3) is 0 Å². The average Bonchev–Trinajstić information content (AvgIpc) is 2.82. The lowest BCUT2D eigenvalue weighted by atomic mass is 10.1. The molecule has 0 radical (unpaired) electrons. The second-order valence-electron chi connectivity index (χ2n) is 4.18. The summed E-state index contributed by atoms with van der Waals surface area (Å²) >= 11 is 4.85. The summed E-state index contributed by atoms with van der Waals surface area (Å²) in [6, 6.07) is 0. The molecule has 0 amide bonds. The number of hydrogen-bond donors (Lipinski definition) is 4. The number of nitrogens with two attached hydrogens (primary N) is 1. The zero-order chi connectivity index (χ0) is 13.4. The van der Waals surface area contributed by atoms with Gasteiger partial charge >= 0.3 is 0 Å². The van der Waals surface area contributed by atoms with Gasteiger partial charge in [0.15, 0.2) is 6.23 Å². The van der Waals surface area contributed by atoms with Gasteiger partial charge in [-0.2, -0.15) is 0 Å². The van der Waals surface area contributed by atoms with Gasteiger partial charge in [-0.15, -0.1) is 0 Å². The minimum absolute atomic E-state index is 0.151. The number of aromatic nitrogens is 2. The van der Waals surface area contributed by atoms with Gasteiger partial charge in [-0.3, -0.25) is 0 Å². The van der Waals surface area contributed by atoms with Crippen molar-refractivity contribution in [2.24, 2.45) is 5.73 Å². The Hall–Kier alpha value is -1.06. The number of ether oxygens (including phenoxy) is 1. The van der Waals surface area contributed by atoms with Crippen LogP contribution in [-0.2, 0) is 4.74 Å². The summed E-state index contributed by atoms with van der Waals surface area (Å²) in [6.07, 6.45) is -2.48. The van der Waals surface area contributed by atoms with Gasteiger partial charge in [0.2, 0.25) is 0 Å². The molecule has 18 heavy (non-hydrogen) atoms. The fourth-order valence-corrected chi connectivity index (χ4v) is 2.23. The Morgan fingerprint density at radius 3 is 2.67 bits per heavy atom. The summed E-state index contributed by atoms with van der Waals surface area (Å²) in [7, 11) is 0. The lowest BCUT2D eigenvalue weighted by Crippen LogP contribution is -2.33. The summed E-state index contributed by atoms with van der Waals surface area (Å²) in [5.41, 5.74) is 6.59. The summed E-state index contributed by atoms with van der Waals surface area (Å²) < 4.78 is 6.92. The van der Waals surface area contributed by atoms with Gasteiger partial charge in [-0.05, 0) is 6.92 Å². The van der Waals surface area contributed by atoms with Gasteiger partial charge in [-0.1, -0.05) is 12.2 Å². The number of aliphatic hydroxyl groups is 3. The first-order valence-corrected chi connectivity index (χ1v) is 5.84. The average molecular weight is 273 g/mol. The minimum Gasteiger partial charge on any atom is -0.394 e. The van der Waals surface area contributed by atoms with Crippen molar-refractivity contribution in [1.29, 1.82) is 0 Å². The molecule has 0 aliphatic carbocycles. The van der Waals surface area contributed by atoms with Crippen molar-refractivity contribution in [3.63, 3.8) is 0 Å². The summed E-state index contributed by atoms with van der Waals surface area (Å²) in [5.74, 6) is 0. The molecule has 2 heterocycles. The lowest BCUT2D eigenvalue weighted by Gasteiger charge is -2.17. The Kier molecular flexibility index (Phi) is 3.64. The summed E-state index contributed by atoms with van der Waals surface area (Å²) in [6.45, 7) is 1.36. The van der Waals surface area contributed by atoms with Crippen LogP contribution in [0.25, 0.3) is 0 Å². The molecule has 1 aliphatic heterocycles. The van der Waals surface area contributed by atoms with Crippen LogP contribution >= 0.6 is 12.2 Å². The van der Waals surface area contributed by atoms with E-state index in [1.54, 1.807) is 6.92 Å². The van der Waals surface area contributed by atoms with E-state index in [0.717, 1.165) is 0 Å². The number of hydrogen-bond acceptors (Lipinski definition) is 6. The Labute approximate surface area is 109 Å². The van der Waals surface area contributed by atoms with Crippen LogP contribution in [0.2, 0.25) is 0 Å². The maximum absolute atomic E-state index is 9.89. The molecule has 2 rings (SSSR count). The fraction of sp³-hybridized carbons (Fsp3) is 0.600. The fourth-order valence-electron chi connectivity index (χ4n) is 2.03. The van der Waals surface area contributed by atoms with Crippen molar-refractivity contribution in [2.45, 2.75) is 31.5 Å². The van der Waals surface area contributed by atoms with Gasteiger partial charge in [0.1, 0.15) is 29.0 Å². The second kappa shape index (κ2) is 4.90. The molecule has 1 aromatic heterocycles. The highest BCUT2D eigenvalue weighted by molar-refractivity contribution is 7.80. The van der Waals surface area contributed by atoms with E-state index in [-0.39, 0.29) is 11.6 Å². The molecule has 1 fully saturated rings. The lowest BCUT2D eigenvalue weighted by molar-refractivity contribution is -0.0536. The first-order chi connectivity index (χ1) is 8.47. The van der Waals surface area contributed by atoms with Crippen LogP contribution < -0.4 is 5.73 Å². The van der Waals surface area contributed by atoms with Crippen molar-refractivity contribution in [3.8, 4) is 0 Å². The van der Waals surface area contributed by atoms with Crippen LogP contribution in [0, 0.1) is 6.92 Å². The maximum atomic E-state index is 9.89. The van der Waals surface area contributed by atoms with E-state index in [9.17, 15) is 10.2 Å². The highest BCUT2D eigenvalue weighted by Crippen LogP contribution is 2.30. The molecular formula is C10H15N3O4S. The molecule has 0 saturated carbocycles. The van der Waals surface area contributed by atoms with Crippen LogP contribution in [0.15, 0.2) is 6.33 Å². The predicted molar refractivity (Wildman–Crippen MR) is 65.9 cm³/mol. The first kappa shape index (κ1) is 13.4. The van der Waals surface area contributed by atoms with Crippen molar-refractivity contribution in [2.75, 3.05) is 6.61 Å². The van der Waals surface area contributed by atoms with Gasteiger partial charge in [0.05, 0.1) is 12.9 Å². The molecular weight excluding hydrogens is 258 g/mol. The Morgan fingerprint density at radius 1 is 1.56 bits per heavy atom. The van der Waals surface area contributed by atoms with Crippen molar-refractivity contribution in [1.82, 2.24) is 9.55 Å². The minimum atomic E-state index is -1.14. The van der Waals surface area contributed by atoms with E-state index in [0.29, 0.717) is 11.4 Å². The van der Waals surface area contributed by atoms with Crippen LogP contribution in [0.3, 0.4) is 0 Å². The number of imidazole rings is 1. The van der Waals surface area contributed by atoms with Gasteiger partial charge in [-0.25, -0.2) is 4.98 Å². The third kappa shape index (κ3) is 2.02. The summed E-state index contributed by atoms with van der Waals surface area (Å²) in [5, 5.41) is 28.6. The molecule has 0 bridgehead atoms. The van der Waals surface area contributed by atoms with Crippen LogP contribution in [0.5, 0.6) is 0 Å². The molecule has 1 aromatic rings. The molecule has 1 saturated heterocycles. The van der Waals surface area contributed by atoms with E-state index in [4.69, 9.17) is 27.8 Å². The topological polar surface area (TPSA) is 114 Å². The molecule has 0 aromatic carbocycles. The predicted octanol–water partition coefficient (Wildman–Crippen LogP) is -1.56. The SMILES string of the molecule is Cc1c(C(N)=S)ncn1[C@@H]1O[C@H](CO)[C@@H](O)[C@H]1O. The van der Waals surface area contributed by atoms with Crippen molar-refractivity contribution in [3.05, 3.63) is 17.7 Å². The molecule has 5 N–H and O–H groups in total. The van der Waals surface area contributed by atoms with Gasteiger partial charge in [0, 0.05) is 5.69 Å². The van der Waals surface area contributed by atoms with E-state index in [2.05, 4.69) is 4.98 Å². The third-order valence-corrected chi connectivity index (χ3v) is 3.26. The van der Waals surface area contributed by atoms with E-state index in [1.165, 1.54) is 10.9 Å². The Morgan fingerprint density at radius 2 is 2.22 bits per heavy atom. The molecule has 0 unspecified atom stereocenters. The number of nitrogens with zero attached hydrogens (tertiary/aromatic N) is 2. The van der Waals surface area contributed by atoms with Crippen molar-refractivity contribution >= 4 is 17.2 Å². The van der Waals surface area contributed by atoms with Crippen molar-refractivity contribution < 1.29 is 20.1 Å². The number of rotatable bonds is 3. The zero-order valence-corrected chi connectivity index (χ0v) is 10.5. The highest BCUT2D eigenvalue weighted by atomic mass is 32.1. The van der Waals surface area contributed by atoms with E-state index >= 15 is 0 Å². The van der Waals surface area contributed by atoms with Crippen LogP contribution in [0.1, 0.15) is 17.6 Å². The standard InChI is InChI=1S/C10H15N3O4S/c1-4-6(9(11)18)12-3-13(4)10-8(16)7(15)5(2-14)17-10/h3,5,7-8,10,14-16H,2H2,1H3,(H2,11,18)/t5-,7-,8-,10-/m1/s1. The quantitative estimate of drug-likeness (QED) is 0.492.